The summed E-state index contributed by atoms with van der Waals surface area (Å²) in [6, 6.07) is 0.362. The van der Waals surface area contributed by atoms with Gasteiger partial charge in [0.05, 0.1) is 12.7 Å². The monoisotopic (exact) mass is 297 g/mol. The highest BCUT2D eigenvalue weighted by atomic mass is 16.5. The molecule has 21 heavy (non-hydrogen) atoms. The Bertz CT molecular complexity index is 367. The van der Waals surface area contributed by atoms with Gasteiger partial charge in [0.25, 0.3) is 0 Å². The Balaban J connectivity index is 1.95. The molecule has 2 fully saturated rings. The van der Waals surface area contributed by atoms with E-state index in [4.69, 9.17) is 4.74 Å². The van der Waals surface area contributed by atoms with Crippen molar-refractivity contribution in [3.05, 3.63) is 0 Å². The molecule has 2 aliphatic carbocycles. The van der Waals surface area contributed by atoms with Crippen molar-refractivity contribution in [2.24, 2.45) is 17.8 Å². The molecule has 4 heteroatoms. The molecule has 2 N–H and O–H groups in total. The number of rotatable bonds is 7. The summed E-state index contributed by atoms with van der Waals surface area (Å²) in [4.78, 5) is 11.6. The van der Waals surface area contributed by atoms with E-state index in [1.165, 1.54) is 12.8 Å². The molecule has 4 unspecified atom stereocenters. The highest BCUT2D eigenvalue weighted by Crippen LogP contribution is 2.35. The van der Waals surface area contributed by atoms with Gasteiger partial charge < -0.3 is 9.84 Å². The third-order valence-electron chi connectivity index (χ3n) is 5.12. The molecular formula is C17H31NO3. The third-order valence-corrected chi connectivity index (χ3v) is 5.12. The zero-order valence-corrected chi connectivity index (χ0v) is 13.9. The summed E-state index contributed by atoms with van der Waals surface area (Å²) >= 11 is 0. The quantitative estimate of drug-likeness (QED) is 0.758. The van der Waals surface area contributed by atoms with E-state index in [9.17, 15) is 9.90 Å². The van der Waals surface area contributed by atoms with Gasteiger partial charge >= 0.3 is 5.97 Å². The maximum atomic E-state index is 11.6. The molecule has 2 rings (SSSR count). The van der Waals surface area contributed by atoms with Crippen molar-refractivity contribution < 1.29 is 14.6 Å². The van der Waals surface area contributed by atoms with Gasteiger partial charge in [-0.15, -0.1) is 0 Å². The van der Waals surface area contributed by atoms with Crippen LogP contribution in [0.4, 0.5) is 0 Å². The van der Waals surface area contributed by atoms with Crippen molar-refractivity contribution in [1.82, 2.24) is 5.32 Å². The van der Waals surface area contributed by atoms with Crippen LogP contribution >= 0.6 is 0 Å². The Morgan fingerprint density at radius 3 is 2.52 bits per heavy atom. The van der Waals surface area contributed by atoms with Crippen LogP contribution in [-0.2, 0) is 9.53 Å². The van der Waals surface area contributed by atoms with Gasteiger partial charge in [-0.1, -0.05) is 27.2 Å². The Morgan fingerprint density at radius 2 is 2.00 bits per heavy atom. The molecule has 0 aromatic carbocycles. The first-order valence-electron chi connectivity index (χ1n) is 8.44. The predicted octanol–water partition coefficient (Wildman–Crippen LogP) is 3.06. The average Bonchev–Trinajstić information content (AvgIpc) is 3.19. The van der Waals surface area contributed by atoms with Gasteiger partial charge in [-0.2, -0.15) is 0 Å². The van der Waals surface area contributed by atoms with Crippen LogP contribution in [0, 0.1) is 17.8 Å². The maximum Gasteiger partial charge on any atom is 0.326 e. The van der Waals surface area contributed by atoms with E-state index in [2.05, 4.69) is 26.1 Å². The normalized spacial score (nSPS) is 32.9. The van der Waals surface area contributed by atoms with Crippen LogP contribution in [0.5, 0.6) is 0 Å². The van der Waals surface area contributed by atoms with Gasteiger partial charge in [0.2, 0.25) is 0 Å². The molecule has 0 heterocycles. The minimum atomic E-state index is -0.955. The van der Waals surface area contributed by atoms with E-state index in [0.717, 1.165) is 19.3 Å². The molecule has 2 aliphatic rings. The van der Waals surface area contributed by atoms with Crippen molar-refractivity contribution in [2.45, 2.75) is 77.5 Å². The average molecular weight is 297 g/mol. The number of carboxylic acid groups (broad SMARTS) is 1. The van der Waals surface area contributed by atoms with Crippen molar-refractivity contribution in [2.75, 3.05) is 6.61 Å². The lowest BCUT2D eigenvalue weighted by atomic mass is 9.75. The first-order chi connectivity index (χ1) is 9.82. The summed E-state index contributed by atoms with van der Waals surface area (Å²) in [5.41, 5.74) is -0.955. The maximum absolute atomic E-state index is 11.6. The first kappa shape index (κ1) is 16.8. The SMILES string of the molecule is CC1CCC(C(C)C)C(OCC(C)(NC2CC2)C(=O)O)C1. The van der Waals surface area contributed by atoms with Crippen LogP contribution in [0.3, 0.4) is 0 Å². The Morgan fingerprint density at radius 1 is 1.33 bits per heavy atom. The van der Waals surface area contributed by atoms with E-state index in [0.29, 0.717) is 23.8 Å². The van der Waals surface area contributed by atoms with Crippen molar-refractivity contribution in [3.63, 3.8) is 0 Å². The molecule has 0 spiro atoms. The molecule has 0 saturated heterocycles. The summed E-state index contributed by atoms with van der Waals surface area (Å²) < 4.78 is 6.14. The minimum Gasteiger partial charge on any atom is -0.480 e. The van der Waals surface area contributed by atoms with Crippen LogP contribution in [0.1, 0.15) is 59.8 Å². The summed E-state index contributed by atoms with van der Waals surface area (Å²) in [7, 11) is 0. The van der Waals surface area contributed by atoms with Crippen molar-refractivity contribution in [1.29, 1.82) is 0 Å². The molecule has 4 nitrogen and oxygen atoms in total. The third kappa shape index (κ3) is 4.43. The second-order valence-corrected chi connectivity index (χ2v) is 7.73. The van der Waals surface area contributed by atoms with E-state index < -0.39 is 11.5 Å². The molecule has 0 aromatic heterocycles. The van der Waals surface area contributed by atoms with Crippen LogP contribution in [0.15, 0.2) is 0 Å². The Hall–Kier alpha value is -0.610. The lowest BCUT2D eigenvalue weighted by Gasteiger charge is -2.39. The first-order valence-corrected chi connectivity index (χ1v) is 8.44. The van der Waals surface area contributed by atoms with Crippen LogP contribution in [0.25, 0.3) is 0 Å². The number of carbonyl (C=O) groups is 1. The fourth-order valence-corrected chi connectivity index (χ4v) is 3.42. The lowest BCUT2D eigenvalue weighted by Crippen LogP contribution is -2.55. The number of hydrogen-bond acceptors (Lipinski definition) is 3. The minimum absolute atomic E-state index is 0.202. The summed E-state index contributed by atoms with van der Waals surface area (Å²) in [5, 5.41) is 12.8. The number of ether oxygens (including phenoxy) is 1. The lowest BCUT2D eigenvalue weighted by molar-refractivity contribution is -0.150. The molecule has 0 bridgehead atoms. The summed E-state index contributed by atoms with van der Waals surface area (Å²) in [5.74, 6) is 1.02. The van der Waals surface area contributed by atoms with Gasteiger partial charge in [0.15, 0.2) is 0 Å². The number of nitrogens with one attached hydrogen (secondary N) is 1. The van der Waals surface area contributed by atoms with Gasteiger partial charge in [0, 0.05) is 6.04 Å². The predicted molar refractivity (Wildman–Crippen MR) is 83.3 cm³/mol. The molecule has 122 valence electrons. The van der Waals surface area contributed by atoms with E-state index in [-0.39, 0.29) is 12.7 Å². The molecule has 0 radical (unpaired) electrons. The van der Waals surface area contributed by atoms with Gasteiger partial charge in [-0.3, -0.25) is 10.1 Å². The highest BCUT2D eigenvalue weighted by Gasteiger charge is 2.41. The molecule has 2 saturated carbocycles. The van der Waals surface area contributed by atoms with Crippen LogP contribution < -0.4 is 5.32 Å². The number of aliphatic carboxylic acids is 1. The summed E-state index contributed by atoms with van der Waals surface area (Å²) in [6.07, 6.45) is 5.88. The van der Waals surface area contributed by atoms with Crippen molar-refractivity contribution >= 4 is 5.97 Å². The largest absolute Gasteiger partial charge is 0.480 e. The molecule has 0 aliphatic heterocycles. The zero-order chi connectivity index (χ0) is 15.6. The second-order valence-electron chi connectivity index (χ2n) is 7.73. The fourth-order valence-electron chi connectivity index (χ4n) is 3.42. The highest BCUT2D eigenvalue weighted by molar-refractivity contribution is 5.78. The van der Waals surface area contributed by atoms with Crippen LogP contribution in [-0.4, -0.2) is 35.4 Å². The standard InChI is InChI=1S/C17H31NO3/c1-11(2)14-8-5-12(3)9-15(14)21-10-17(4,16(19)20)18-13-6-7-13/h11-15,18H,5-10H2,1-4H3,(H,19,20). The molecule has 0 aromatic rings. The zero-order valence-electron chi connectivity index (χ0n) is 13.9. The Kier molecular flexibility index (Phi) is 5.31. The van der Waals surface area contributed by atoms with E-state index in [1.807, 2.05) is 0 Å². The number of hydrogen-bond donors (Lipinski definition) is 2. The van der Waals surface area contributed by atoms with E-state index in [1.54, 1.807) is 6.92 Å². The second kappa shape index (κ2) is 6.66. The van der Waals surface area contributed by atoms with Crippen LogP contribution in [0.2, 0.25) is 0 Å². The summed E-state index contributed by atoms with van der Waals surface area (Å²) in [6.45, 7) is 8.78. The molecular weight excluding hydrogens is 266 g/mol. The molecule has 0 amide bonds. The van der Waals surface area contributed by atoms with Crippen molar-refractivity contribution in [3.8, 4) is 0 Å². The fraction of sp³-hybridized carbons (Fsp3) is 0.941. The smallest absolute Gasteiger partial charge is 0.326 e. The van der Waals surface area contributed by atoms with Gasteiger partial charge in [0.1, 0.15) is 5.54 Å². The topological polar surface area (TPSA) is 58.6 Å². The van der Waals surface area contributed by atoms with E-state index >= 15 is 0 Å². The molecule has 4 atom stereocenters. The number of carboxylic acids is 1. The Labute approximate surface area is 128 Å². The van der Waals surface area contributed by atoms with Gasteiger partial charge in [-0.25, -0.2) is 0 Å². The van der Waals surface area contributed by atoms with Gasteiger partial charge in [-0.05, 0) is 50.4 Å².